The van der Waals surface area contributed by atoms with Gasteiger partial charge in [-0.25, -0.2) is 0 Å². The molecular formula is C64H60BN3O. The fourth-order valence-electron chi connectivity index (χ4n) is 13.1. The minimum Gasteiger partial charge on any atom is -0.456 e. The van der Waals surface area contributed by atoms with Gasteiger partial charge in [-0.15, -0.1) is 0 Å². The molecule has 1 fully saturated rings. The molecule has 0 radical (unpaired) electrons. The van der Waals surface area contributed by atoms with Gasteiger partial charge in [0.1, 0.15) is 11.2 Å². The summed E-state index contributed by atoms with van der Waals surface area (Å²) in [5, 5.41) is 2.33. The predicted octanol–water partition coefficient (Wildman–Crippen LogP) is 16.3. The number of anilines is 7. The Bertz CT molecular complexity index is 3490. The van der Waals surface area contributed by atoms with Gasteiger partial charge in [-0.05, 0) is 137 Å². The van der Waals surface area contributed by atoms with Crippen molar-refractivity contribution in [2.24, 2.45) is 0 Å². The summed E-state index contributed by atoms with van der Waals surface area (Å²) in [5.74, 6) is 0. The first kappa shape index (κ1) is 42.2. The summed E-state index contributed by atoms with van der Waals surface area (Å²) in [5.41, 5.74) is 21.7. The summed E-state index contributed by atoms with van der Waals surface area (Å²) in [6.45, 7) is 19.3. The van der Waals surface area contributed by atoms with Crippen LogP contribution in [0.25, 0.3) is 44.2 Å². The molecule has 0 amide bonds. The maximum absolute atomic E-state index is 7.30. The second-order valence-electron chi connectivity index (χ2n) is 22.8. The fourth-order valence-corrected chi connectivity index (χ4v) is 13.1. The Hall–Kier alpha value is -6.98. The lowest BCUT2D eigenvalue weighted by molar-refractivity contribution is 0.199. The van der Waals surface area contributed by atoms with Crippen LogP contribution in [-0.2, 0) is 16.2 Å². The molecule has 2 unspecified atom stereocenters. The number of hydrogen-bond donors (Lipinski definition) is 0. The van der Waals surface area contributed by atoms with Gasteiger partial charge in [0, 0.05) is 72.4 Å². The number of hydrogen-bond acceptors (Lipinski definition) is 4. The molecule has 5 heteroatoms. The molecule has 1 saturated carbocycles. The number of benzene rings is 8. The van der Waals surface area contributed by atoms with Crippen molar-refractivity contribution in [3.8, 4) is 22.3 Å². The Kier molecular flexibility index (Phi) is 9.02. The molecule has 9 aromatic rings. The number of furan rings is 1. The Morgan fingerprint density at radius 1 is 0.522 bits per heavy atom. The summed E-state index contributed by atoms with van der Waals surface area (Å²) in [6, 6.07) is 63.8. The van der Waals surface area contributed by atoms with Crippen LogP contribution in [0.1, 0.15) is 97.8 Å². The van der Waals surface area contributed by atoms with Gasteiger partial charge in [-0.2, -0.15) is 0 Å². The van der Waals surface area contributed by atoms with Crippen molar-refractivity contribution in [1.29, 1.82) is 0 Å². The molecule has 1 aromatic heterocycles. The standard InChI is InChI=1S/C64H60BN3O/c1-61(2,3)42-30-32-53(49(36-42)41-22-12-9-13-23-41)67-54-33-31-48-47-28-18-19-29-56(47)69-60(48)58(54)65-57-50(39-46(40-55(57)67)66(44-24-14-10-15-25-44)45-26-16-11-17-27-45)51-37-43(62(4,5)6)38-52-59(51)68(65)64(8)35-21-20-34-63(52,64)7/h9-19,22-33,36-40H,20-21,34-35H2,1-8H3. The highest BCUT2D eigenvalue weighted by atomic mass is 16.3. The fraction of sp³-hybridized carbons (Fsp3) is 0.250. The zero-order chi connectivity index (χ0) is 47.2. The van der Waals surface area contributed by atoms with Crippen LogP contribution in [0.3, 0.4) is 0 Å². The topological polar surface area (TPSA) is 22.9 Å². The monoisotopic (exact) mass is 897 g/mol. The molecule has 340 valence electrons. The van der Waals surface area contributed by atoms with E-state index in [1.165, 1.54) is 79.5 Å². The van der Waals surface area contributed by atoms with Crippen LogP contribution in [0.15, 0.2) is 174 Å². The molecule has 13 rings (SSSR count). The van der Waals surface area contributed by atoms with Gasteiger partial charge in [0.25, 0.3) is 0 Å². The van der Waals surface area contributed by atoms with Gasteiger partial charge >= 0.3 is 6.85 Å². The van der Waals surface area contributed by atoms with E-state index in [0.717, 1.165) is 57.8 Å². The van der Waals surface area contributed by atoms with E-state index in [2.05, 4.69) is 240 Å². The molecule has 4 aliphatic rings. The molecule has 8 aromatic carbocycles. The molecule has 4 nitrogen and oxygen atoms in total. The molecule has 4 heterocycles. The molecule has 0 spiro atoms. The zero-order valence-corrected chi connectivity index (χ0v) is 41.3. The highest BCUT2D eigenvalue weighted by Gasteiger charge is 2.63. The summed E-state index contributed by atoms with van der Waals surface area (Å²) in [7, 11) is 0. The Morgan fingerprint density at radius 3 is 1.84 bits per heavy atom. The maximum Gasteiger partial charge on any atom is 0.332 e. The summed E-state index contributed by atoms with van der Waals surface area (Å²) in [4.78, 5) is 8.04. The molecule has 0 saturated heterocycles. The predicted molar refractivity (Wildman–Crippen MR) is 293 cm³/mol. The van der Waals surface area contributed by atoms with E-state index in [4.69, 9.17) is 4.42 Å². The first-order chi connectivity index (χ1) is 33.2. The Morgan fingerprint density at radius 2 is 1.14 bits per heavy atom. The maximum atomic E-state index is 7.30. The van der Waals surface area contributed by atoms with Crippen molar-refractivity contribution < 1.29 is 4.42 Å². The highest BCUT2D eigenvalue weighted by Crippen LogP contribution is 2.64. The van der Waals surface area contributed by atoms with Gasteiger partial charge in [0.05, 0.1) is 5.69 Å². The van der Waals surface area contributed by atoms with Gasteiger partial charge in [0.2, 0.25) is 0 Å². The Labute approximate surface area is 408 Å². The zero-order valence-electron chi connectivity index (χ0n) is 41.3. The SMILES string of the molecule is CC(C)(C)c1ccc(N2c3cc(N(c4ccccc4)c4ccccc4)cc4c3B(c3c2ccc2c3oc3ccccc32)N2c3c-4cc(C(C)(C)C)cc3C3(C)CCCCC23C)c(-c2ccccc2)c1. The van der Waals surface area contributed by atoms with E-state index in [1.807, 2.05) is 0 Å². The molecule has 69 heavy (non-hydrogen) atoms. The van der Waals surface area contributed by atoms with E-state index in [9.17, 15) is 0 Å². The molecule has 0 N–H and O–H groups in total. The number of rotatable bonds is 5. The molecule has 3 aliphatic heterocycles. The van der Waals surface area contributed by atoms with E-state index in [1.54, 1.807) is 0 Å². The van der Waals surface area contributed by atoms with Crippen molar-refractivity contribution in [2.45, 2.75) is 103 Å². The Balaban J connectivity index is 1.23. The van der Waals surface area contributed by atoms with E-state index < -0.39 is 0 Å². The minimum absolute atomic E-state index is 0.0532. The molecule has 1 aliphatic carbocycles. The molecule has 2 atom stereocenters. The van der Waals surface area contributed by atoms with Crippen molar-refractivity contribution in [1.82, 2.24) is 0 Å². The number of fused-ring (bicyclic) bond motifs is 11. The average molecular weight is 898 g/mol. The van der Waals surface area contributed by atoms with E-state index >= 15 is 0 Å². The quantitative estimate of drug-likeness (QED) is 0.161. The van der Waals surface area contributed by atoms with Crippen molar-refractivity contribution in [3.05, 3.63) is 187 Å². The average Bonchev–Trinajstić information content (AvgIpc) is 3.83. The summed E-state index contributed by atoms with van der Waals surface area (Å²) in [6.07, 6.45) is 4.72. The van der Waals surface area contributed by atoms with E-state index in [0.29, 0.717) is 0 Å². The van der Waals surface area contributed by atoms with Gasteiger partial charge in [0.15, 0.2) is 0 Å². The first-order valence-electron chi connectivity index (χ1n) is 25.3. The van der Waals surface area contributed by atoms with Crippen molar-refractivity contribution in [2.75, 3.05) is 14.6 Å². The van der Waals surface area contributed by atoms with Crippen LogP contribution in [0.4, 0.5) is 39.8 Å². The summed E-state index contributed by atoms with van der Waals surface area (Å²) < 4.78 is 7.30. The van der Waals surface area contributed by atoms with E-state index in [-0.39, 0.29) is 28.6 Å². The third-order valence-electron chi connectivity index (χ3n) is 16.9. The number of nitrogens with zero attached hydrogens (tertiary/aromatic N) is 3. The third kappa shape index (κ3) is 6.01. The van der Waals surface area contributed by atoms with Gasteiger partial charge in [-0.1, -0.05) is 158 Å². The first-order valence-corrected chi connectivity index (χ1v) is 25.3. The van der Waals surface area contributed by atoms with Crippen LogP contribution < -0.4 is 25.5 Å². The van der Waals surface area contributed by atoms with Crippen LogP contribution in [0, 0.1) is 0 Å². The van der Waals surface area contributed by atoms with Gasteiger partial charge < -0.3 is 19.0 Å². The van der Waals surface area contributed by atoms with Crippen LogP contribution in [-0.4, -0.2) is 12.4 Å². The van der Waals surface area contributed by atoms with Crippen LogP contribution in [0.2, 0.25) is 0 Å². The largest absolute Gasteiger partial charge is 0.456 e. The lowest BCUT2D eigenvalue weighted by Crippen LogP contribution is -2.70. The minimum atomic E-state index is -0.158. The summed E-state index contributed by atoms with van der Waals surface area (Å²) >= 11 is 0. The number of para-hydroxylation sites is 3. The second-order valence-corrected chi connectivity index (χ2v) is 22.8. The smallest absolute Gasteiger partial charge is 0.332 e. The highest BCUT2D eigenvalue weighted by molar-refractivity contribution is 6.94. The van der Waals surface area contributed by atoms with Crippen LogP contribution >= 0.6 is 0 Å². The van der Waals surface area contributed by atoms with Crippen molar-refractivity contribution >= 4 is 79.5 Å². The normalized spacial score (nSPS) is 19.1. The molecular weight excluding hydrogens is 838 g/mol. The second kappa shape index (κ2) is 14.8. The van der Waals surface area contributed by atoms with Crippen molar-refractivity contribution in [3.63, 3.8) is 0 Å². The van der Waals surface area contributed by atoms with Gasteiger partial charge in [-0.3, -0.25) is 0 Å². The third-order valence-corrected chi connectivity index (χ3v) is 16.9. The van der Waals surface area contributed by atoms with Crippen LogP contribution in [0.5, 0.6) is 0 Å². The lowest BCUT2D eigenvalue weighted by Gasteiger charge is -2.55. The lowest BCUT2D eigenvalue weighted by atomic mass is 9.42. The molecule has 0 bridgehead atoms.